The van der Waals surface area contributed by atoms with Crippen molar-refractivity contribution in [3.63, 3.8) is 0 Å². The number of hydrogen-bond acceptors (Lipinski definition) is 4. The van der Waals surface area contributed by atoms with Gasteiger partial charge in [-0.05, 0) is 69.5 Å². The van der Waals surface area contributed by atoms with E-state index in [1.54, 1.807) is 32.0 Å². The summed E-state index contributed by atoms with van der Waals surface area (Å²) < 4.78 is 10.8. The van der Waals surface area contributed by atoms with Gasteiger partial charge in [-0.3, -0.25) is 4.79 Å². The van der Waals surface area contributed by atoms with Crippen molar-refractivity contribution < 1.29 is 19.1 Å². The van der Waals surface area contributed by atoms with Crippen molar-refractivity contribution in [1.29, 1.82) is 0 Å². The van der Waals surface area contributed by atoms with Gasteiger partial charge < -0.3 is 14.8 Å². The Hall–Kier alpha value is -2.82. The third-order valence-corrected chi connectivity index (χ3v) is 4.23. The Bertz CT molecular complexity index is 814. The van der Waals surface area contributed by atoms with Crippen molar-refractivity contribution in [2.45, 2.75) is 40.7 Å². The van der Waals surface area contributed by atoms with E-state index >= 15 is 0 Å². The van der Waals surface area contributed by atoms with Crippen LogP contribution in [0.5, 0.6) is 5.75 Å². The van der Waals surface area contributed by atoms with E-state index in [1.807, 2.05) is 39.0 Å². The van der Waals surface area contributed by atoms with Gasteiger partial charge in [-0.2, -0.15) is 0 Å². The third kappa shape index (κ3) is 4.63. The highest BCUT2D eigenvalue weighted by Crippen LogP contribution is 2.23. The minimum absolute atomic E-state index is 0.282. The van der Waals surface area contributed by atoms with E-state index in [2.05, 4.69) is 5.32 Å². The summed E-state index contributed by atoms with van der Waals surface area (Å²) in [5.41, 5.74) is 3.93. The summed E-state index contributed by atoms with van der Waals surface area (Å²) in [5.74, 6) is -0.0117. The fraction of sp³-hybridized carbons (Fsp3) is 0.333. The minimum atomic E-state index is -0.679. The predicted octanol–water partition coefficient (Wildman–Crippen LogP) is 4.19. The molecule has 0 aliphatic heterocycles. The van der Waals surface area contributed by atoms with E-state index in [0.29, 0.717) is 23.6 Å². The second-order valence-corrected chi connectivity index (χ2v) is 6.20. The molecule has 1 atom stereocenters. The molecule has 0 saturated heterocycles. The van der Waals surface area contributed by atoms with Crippen molar-refractivity contribution >= 4 is 17.6 Å². The Kier molecular flexibility index (Phi) is 6.39. The largest absolute Gasteiger partial charge is 0.481 e. The summed E-state index contributed by atoms with van der Waals surface area (Å²) in [7, 11) is 0. The molecule has 0 bridgehead atoms. The fourth-order valence-corrected chi connectivity index (χ4v) is 2.43. The van der Waals surface area contributed by atoms with Crippen LogP contribution in [0.3, 0.4) is 0 Å². The molecule has 138 valence electrons. The Morgan fingerprint density at radius 1 is 1.08 bits per heavy atom. The highest BCUT2D eigenvalue weighted by atomic mass is 16.5. The number of carbonyl (C=O) groups is 2. The topological polar surface area (TPSA) is 64.6 Å². The van der Waals surface area contributed by atoms with Crippen LogP contribution in [-0.4, -0.2) is 24.6 Å². The zero-order valence-corrected chi connectivity index (χ0v) is 15.9. The number of nitrogens with one attached hydrogen (secondary N) is 1. The van der Waals surface area contributed by atoms with Gasteiger partial charge in [-0.15, -0.1) is 0 Å². The lowest BCUT2D eigenvalue weighted by molar-refractivity contribution is -0.122. The Morgan fingerprint density at radius 2 is 1.81 bits per heavy atom. The van der Waals surface area contributed by atoms with E-state index in [4.69, 9.17) is 9.47 Å². The van der Waals surface area contributed by atoms with Gasteiger partial charge in [0.1, 0.15) is 5.75 Å². The Balaban J connectivity index is 2.12. The molecule has 0 aromatic heterocycles. The van der Waals surface area contributed by atoms with E-state index in [1.165, 1.54) is 0 Å². The maximum Gasteiger partial charge on any atom is 0.338 e. The van der Waals surface area contributed by atoms with Gasteiger partial charge in [-0.1, -0.05) is 18.2 Å². The van der Waals surface area contributed by atoms with Crippen molar-refractivity contribution in [3.8, 4) is 5.75 Å². The van der Waals surface area contributed by atoms with Gasteiger partial charge in [0, 0.05) is 5.69 Å². The number of amides is 1. The molecule has 2 aromatic rings. The van der Waals surface area contributed by atoms with Crippen LogP contribution >= 0.6 is 0 Å². The monoisotopic (exact) mass is 355 g/mol. The molecular weight excluding hydrogens is 330 g/mol. The first-order valence-electron chi connectivity index (χ1n) is 8.65. The average Bonchev–Trinajstić information content (AvgIpc) is 2.60. The molecule has 0 fully saturated rings. The number of ether oxygens (including phenoxy) is 2. The standard InChI is InChI=1S/C21H25NO4/c1-6-25-21(24)17-11-10-14(3)18(12-17)22-20(23)16(5)26-19-9-7-8-13(2)15(19)4/h7-12,16H,6H2,1-5H3,(H,22,23)/t16-/m0/s1. The summed E-state index contributed by atoms with van der Waals surface area (Å²) in [6.45, 7) is 9.57. The van der Waals surface area contributed by atoms with E-state index in [0.717, 1.165) is 16.7 Å². The van der Waals surface area contributed by atoms with Crippen molar-refractivity contribution in [2.24, 2.45) is 0 Å². The van der Waals surface area contributed by atoms with Gasteiger partial charge >= 0.3 is 5.97 Å². The highest BCUT2D eigenvalue weighted by Gasteiger charge is 2.18. The lowest BCUT2D eigenvalue weighted by atomic mass is 10.1. The molecule has 0 radical (unpaired) electrons. The number of esters is 1. The van der Waals surface area contributed by atoms with Crippen LogP contribution in [0.4, 0.5) is 5.69 Å². The fourth-order valence-electron chi connectivity index (χ4n) is 2.43. The molecule has 0 saturated carbocycles. The molecule has 2 rings (SSSR count). The van der Waals surface area contributed by atoms with Crippen molar-refractivity contribution in [3.05, 3.63) is 58.7 Å². The van der Waals surface area contributed by atoms with Crippen LogP contribution in [0, 0.1) is 20.8 Å². The number of anilines is 1. The van der Waals surface area contributed by atoms with Gasteiger partial charge in [-0.25, -0.2) is 4.79 Å². The molecule has 0 aliphatic rings. The molecule has 0 spiro atoms. The molecule has 5 heteroatoms. The smallest absolute Gasteiger partial charge is 0.338 e. The molecule has 1 amide bonds. The summed E-state index contributed by atoms with van der Waals surface area (Å²) in [6.07, 6.45) is -0.679. The average molecular weight is 355 g/mol. The quantitative estimate of drug-likeness (QED) is 0.789. The summed E-state index contributed by atoms with van der Waals surface area (Å²) in [5, 5.41) is 2.83. The first kappa shape index (κ1) is 19.5. The molecule has 0 unspecified atom stereocenters. The van der Waals surface area contributed by atoms with E-state index in [-0.39, 0.29) is 5.91 Å². The van der Waals surface area contributed by atoms with Crippen LogP contribution in [0.2, 0.25) is 0 Å². The van der Waals surface area contributed by atoms with Crippen LogP contribution < -0.4 is 10.1 Å². The van der Waals surface area contributed by atoms with E-state index < -0.39 is 12.1 Å². The number of hydrogen-bond donors (Lipinski definition) is 1. The van der Waals surface area contributed by atoms with Gasteiger partial charge in [0.25, 0.3) is 5.91 Å². The molecule has 5 nitrogen and oxygen atoms in total. The van der Waals surface area contributed by atoms with Crippen molar-refractivity contribution in [2.75, 3.05) is 11.9 Å². The van der Waals surface area contributed by atoms with Crippen LogP contribution in [0.1, 0.15) is 40.9 Å². The molecule has 26 heavy (non-hydrogen) atoms. The maximum absolute atomic E-state index is 12.5. The zero-order valence-electron chi connectivity index (χ0n) is 15.9. The van der Waals surface area contributed by atoms with E-state index in [9.17, 15) is 9.59 Å². The van der Waals surface area contributed by atoms with Crippen molar-refractivity contribution in [1.82, 2.24) is 0 Å². The number of aryl methyl sites for hydroxylation is 2. The number of benzene rings is 2. The first-order chi connectivity index (χ1) is 12.3. The van der Waals surface area contributed by atoms with Crippen LogP contribution in [-0.2, 0) is 9.53 Å². The normalized spacial score (nSPS) is 11.6. The Labute approximate surface area is 154 Å². The first-order valence-corrected chi connectivity index (χ1v) is 8.65. The lowest BCUT2D eigenvalue weighted by Gasteiger charge is -2.18. The molecule has 0 aliphatic carbocycles. The summed E-state index contributed by atoms with van der Waals surface area (Å²) in [4.78, 5) is 24.4. The highest BCUT2D eigenvalue weighted by molar-refractivity contribution is 5.97. The van der Waals surface area contributed by atoms with Gasteiger partial charge in [0.05, 0.1) is 12.2 Å². The molecular formula is C21H25NO4. The predicted molar refractivity (Wildman–Crippen MR) is 102 cm³/mol. The number of rotatable bonds is 6. The second-order valence-electron chi connectivity index (χ2n) is 6.20. The molecule has 1 N–H and O–H groups in total. The molecule has 0 heterocycles. The molecule has 2 aromatic carbocycles. The van der Waals surface area contributed by atoms with Crippen LogP contribution in [0.15, 0.2) is 36.4 Å². The maximum atomic E-state index is 12.5. The zero-order chi connectivity index (χ0) is 19.3. The second kappa shape index (κ2) is 8.52. The van der Waals surface area contributed by atoms with Crippen LogP contribution in [0.25, 0.3) is 0 Å². The SMILES string of the molecule is CCOC(=O)c1ccc(C)c(NC(=O)[C@H](C)Oc2cccc(C)c2C)c1. The Morgan fingerprint density at radius 3 is 2.50 bits per heavy atom. The van der Waals surface area contributed by atoms with Gasteiger partial charge in [0.2, 0.25) is 0 Å². The summed E-state index contributed by atoms with van der Waals surface area (Å²) in [6, 6.07) is 10.8. The number of carbonyl (C=O) groups excluding carboxylic acids is 2. The summed E-state index contributed by atoms with van der Waals surface area (Å²) >= 11 is 0. The van der Waals surface area contributed by atoms with Gasteiger partial charge in [0.15, 0.2) is 6.10 Å². The minimum Gasteiger partial charge on any atom is -0.481 e. The lowest BCUT2D eigenvalue weighted by Crippen LogP contribution is -2.30. The third-order valence-electron chi connectivity index (χ3n) is 4.23.